The van der Waals surface area contributed by atoms with Gasteiger partial charge in [-0.25, -0.2) is 0 Å². The number of halogens is 1. The number of benzene rings is 2. The molecule has 2 aromatic carbocycles. The number of aryl methyl sites for hydroxylation is 1. The fraction of sp³-hybridized carbons (Fsp3) is 0.318. The minimum Gasteiger partial charge on any atom is -0.325 e. The highest BCUT2D eigenvalue weighted by molar-refractivity contribution is 8.00. The molecule has 0 aliphatic rings. The van der Waals surface area contributed by atoms with Gasteiger partial charge in [-0.2, -0.15) is 0 Å². The van der Waals surface area contributed by atoms with Crippen LogP contribution in [0.1, 0.15) is 31.3 Å². The second-order valence-electron chi connectivity index (χ2n) is 7.41. The van der Waals surface area contributed by atoms with E-state index >= 15 is 0 Å². The quantitative estimate of drug-likeness (QED) is 0.522. The van der Waals surface area contributed by atoms with Crippen LogP contribution in [0.2, 0.25) is 5.02 Å². The van der Waals surface area contributed by atoms with Gasteiger partial charge in [-0.1, -0.05) is 35.5 Å². The molecule has 0 saturated carbocycles. The zero-order chi connectivity index (χ0) is 21.8. The first-order valence-corrected chi connectivity index (χ1v) is 10.9. The molecule has 0 fully saturated rings. The van der Waals surface area contributed by atoms with E-state index in [1.807, 2.05) is 81.0 Å². The van der Waals surface area contributed by atoms with Crippen LogP contribution in [0.4, 0.5) is 5.69 Å². The lowest BCUT2D eigenvalue weighted by Gasteiger charge is -2.21. The van der Waals surface area contributed by atoms with Crippen molar-refractivity contribution in [2.45, 2.75) is 37.2 Å². The van der Waals surface area contributed by atoms with Crippen molar-refractivity contribution in [3.63, 3.8) is 0 Å². The number of amides is 1. The molecule has 30 heavy (non-hydrogen) atoms. The maximum atomic E-state index is 12.8. The Labute approximate surface area is 186 Å². The Balaban J connectivity index is 1.87. The molecule has 158 valence electrons. The summed E-state index contributed by atoms with van der Waals surface area (Å²) in [6.45, 7) is 5.93. The third kappa shape index (κ3) is 5.22. The summed E-state index contributed by atoms with van der Waals surface area (Å²) in [5, 5.41) is 12.8. The number of thioether (sulfide) groups is 1. The van der Waals surface area contributed by atoms with E-state index < -0.39 is 0 Å². The van der Waals surface area contributed by atoms with E-state index in [2.05, 4.69) is 27.3 Å². The number of rotatable bonds is 7. The lowest BCUT2D eigenvalue weighted by atomic mass is 10.2. The summed E-state index contributed by atoms with van der Waals surface area (Å²) in [7, 11) is 3.99. The predicted octanol–water partition coefficient (Wildman–Crippen LogP) is 4.97. The van der Waals surface area contributed by atoms with Crippen LogP contribution in [0.3, 0.4) is 0 Å². The van der Waals surface area contributed by atoms with Crippen molar-refractivity contribution < 1.29 is 4.79 Å². The van der Waals surface area contributed by atoms with Crippen LogP contribution >= 0.6 is 23.4 Å². The van der Waals surface area contributed by atoms with Crippen molar-refractivity contribution >= 4 is 35.0 Å². The predicted molar refractivity (Wildman–Crippen MR) is 124 cm³/mol. The third-order valence-corrected chi connectivity index (χ3v) is 6.12. The molecular formula is C22H26ClN5OS. The van der Waals surface area contributed by atoms with E-state index in [9.17, 15) is 4.79 Å². The SMILES string of the molecule is Cc1cccc(NC(=O)C(C)Sc2nnc(C(C)N(C)C)n2-c2ccc(Cl)cc2)c1. The summed E-state index contributed by atoms with van der Waals surface area (Å²) < 4.78 is 1.99. The zero-order valence-electron chi connectivity index (χ0n) is 17.8. The van der Waals surface area contributed by atoms with Gasteiger partial charge in [0, 0.05) is 16.4 Å². The summed E-state index contributed by atoms with van der Waals surface area (Å²) in [6, 6.07) is 15.3. The van der Waals surface area contributed by atoms with Gasteiger partial charge in [-0.3, -0.25) is 14.3 Å². The van der Waals surface area contributed by atoms with E-state index in [0.29, 0.717) is 10.2 Å². The number of nitrogens with zero attached hydrogens (tertiary/aromatic N) is 4. The fourth-order valence-electron chi connectivity index (χ4n) is 2.87. The molecule has 3 aromatic rings. The minimum absolute atomic E-state index is 0.0407. The lowest BCUT2D eigenvalue weighted by Crippen LogP contribution is -2.23. The molecule has 1 aromatic heterocycles. The molecule has 1 heterocycles. The van der Waals surface area contributed by atoms with Crippen LogP contribution < -0.4 is 5.32 Å². The molecule has 0 aliphatic carbocycles. The van der Waals surface area contributed by atoms with Crippen LogP contribution in [0.25, 0.3) is 5.69 Å². The highest BCUT2D eigenvalue weighted by atomic mass is 35.5. The summed E-state index contributed by atoms with van der Waals surface area (Å²) >= 11 is 7.45. The van der Waals surface area contributed by atoms with E-state index in [0.717, 1.165) is 22.8 Å². The van der Waals surface area contributed by atoms with Gasteiger partial charge in [0.2, 0.25) is 5.91 Å². The minimum atomic E-state index is -0.358. The van der Waals surface area contributed by atoms with Crippen molar-refractivity contribution in [2.24, 2.45) is 0 Å². The molecule has 0 saturated heterocycles. The number of carbonyl (C=O) groups excluding carboxylic acids is 1. The lowest BCUT2D eigenvalue weighted by molar-refractivity contribution is -0.115. The first-order valence-electron chi connectivity index (χ1n) is 9.68. The van der Waals surface area contributed by atoms with Gasteiger partial charge in [-0.05, 0) is 76.8 Å². The number of anilines is 1. The molecule has 0 bridgehead atoms. The Bertz CT molecular complexity index is 1020. The van der Waals surface area contributed by atoms with Gasteiger partial charge in [0.05, 0.1) is 11.3 Å². The standard InChI is InChI=1S/C22H26ClN5OS/c1-14-7-6-8-18(13-14)24-21(29)16(3)30-22-26-25-20(15(2)27(4)5)28(22)19-11-9-17(23)10-12-19/h6-13,15-16H,1-5H3,(H,24,29). The summed E-state index contributed by atoms with van der Waals surface area (Å²) in [5.74, 6) is 0.717. The average molecular weight is 444 g/mol. The second-order valence-corrected chi connectivity index (χ2v) is 9.16. The molecule has 1 N–H and O–H groups in total. The number of aromatic nitrogens is 3. The average Bonchev–Trinajstić information content (AvgIpc) is 3.11. The molecule has 0 radical (unpaired) electrons. The van der Waals surface area contributed by atoms with Crippen LogP contribution in [-0.2, 0) is 4.79 Å². The number of carbonyl (C=O) groups is 1. The molecule has 2 unspecified atom stereocenters. The van der Waals surface area contributed by atoms with Crippen molar-refractivity contribution in [3.05, 3.63) is 64.9 Å². The van der Waals surface area contributed by atoms with Crippen molar-refractivity contribution in [1.82, 2.24) is 19.7 Å². The van der Waals surface area contributed by atoms with Crippen LogP contribution in [-0.4, -0.2) is 44.9 Å². The van der Waals surface area contributed by atoms with Crippen LogP contribution in [0.5, 0.6) is 0 Å². The third-order valence-electron chi connectivity index (χ3n) is 4.83. The topological polar surface area (TPSA) is 63.1 Å². The van der Waals surface area contributed by atoms with Crippen LogP contribution in [0, 0.1) is 6.92 Å². The van der Waals surface area contributed by atoms with Gasteiger partial charge in [0.15, 0.2) is 11.0 Å². The van der Waals surface area contributed by atoms with Gasteiger partial charge in [0.25, 0.3) is 0 Å². The number of hydrogen-bond acceptors (Lipinski definition) is 5. The maximum Gasteiger partial charge on any atom is 0.237 e. The molecule has 0 spiro atoms. The Hall–Kier alpha value is -2.35. The first-order chi connectivity index (χ1) is 14.3. The van der Waals surface area contributed by atoms with Crippen molar-refractivity contribution in [3.8, 4) is 5.69 Å². The van der Waals surface area contributed by atoms with Crippen molar-refractivity contribution in [1.29, 1.82) is 0 Å². The Morgan fingerprint density at radius 3 is 2.47 bits per heavy atom. The molecular weight excluding hydrogens is 418 g/mol. The van der Waals surface area contributed by atoms with Crippen molar-refractivity contribution in [2.75, 3.05) is 19.4 Å². The van der Waals surface area contributed by atoms with Gasteiger partial charge >= 0.3 is 0 Å². The Morgan fingerprint density at radius 1 is 1.13 bits per heavy atom. The Morgan fingerprint density at radius 2 is 1.83 bits per heavy atom. The molecule has 2 atom stereocenters. The second kappa shape index (κ2) is 9.64. The first kappa shape index (κ1) is 22.3. The van der Waals surface area contributed by atoms with E-state index in [1.165, 1.54) is 11.8 Å². The monoisotopic (exact) mass is 443 g/mol. The van der Waals surface area contributed by atoms with Crippen LogP contribution in [0.15, 0.2) is 53.7 Å². The maximum absolute atomic E-state index is 12.8. The van der Waals surface area contributed by atoms with Gasteiger partial charge < -0.3 is 5.32 Å². The normalized spacial score (nSPS) is 13.3. The highest BCUT2D eigenvalue weighted by Gasteiger charge is 2.24. The molecule has 1 amide bonds. The largest absolute Gasteiger partial charge is 0.325 e. The summed E-state index contributed by atoms with van der Waals surface area (Å²) in [5.41, 5.74) is 2.79. The zero-order valence-corrected chi connectivity index (χ0v) is 19.3. The Kier molecular flexibility index (Phi) is 7.18. The smallest absolute Gasteiger partial charge is 0.237 e. The van der Waals surface area contributed by atoms with E-state index in [1.54, 1.807) is 0 Å². The molecule has 8 heteroatoms. The van der Waals surface area contributed by atoms with Gasteiger partial charge in [0.1, 0.15) is 0 Å². The van der Waals surface area contributed by atoms with E-state index in [4.69, 9.17) is 11.6 Å². The van der Waals surface area contributed by atoms with Gasteiger partial charge in [-0.15, -0.1) is 10.2 Å². The van der Waals surface area contributed by atoms with E-state index in [-0.39, 0.29) is 17.2 Å². The summed E-state index contributed by atoms with van der Waals surface area (Å²) in [4.78, 5) is 14.8. The molecule has 3 rings (SSSR count). The summed E-state index contributed by atoms with van der Waals surface area (Å²) in [6.07, 6.45) is 0. The fourth-order valence-corrected chi connectivity index (χ4v) is 3.87. The number of hydrogen-bond donors (Lipinski definition) is 1. The molecule has 6 nitrogen and oxygen atoms in total. The number of nitrogens with one attached hydrogen (secondary N) is 1. The molecule has 0 aliphatic heterocycles. The highest BCUT2D eigenvalue weighted by Crippen LogP contribution is 2.30.